The number of thiocarbonyl (C=S) groups is 1. The predicted molar refractivity (Wildman–Crippen MR) is 86.2 cm³/mol. The zero-order chi connectivity index (χ0) is 15.5. The summed E-state index contributed by atoms with van der Waals surface area (Å²) in [6.45, 7) is 6.06. The molecule has 0 heterocycles. The van der Waals surface area contributed by atoms with Crippen LogP contribution in [0.3, 0.4) is 0 Å². The maximum atomic E-state index is 12.6. The van der Waals surface area contributed by atoms with Crippen LogP contribution in [0.4, 0.5) is 0 Å². The van der Waals surface area contributed by atoms with Crippen LogP contribution in [0.2, 0.25) is 0 Å². The van der Waals surface area contributed by atoms with Crippen molar-refractivity contribution in [2.75, 3.05) is 7.05 Å². The second kappa shape index (κ2) is 6.65. The summed E-state index contributed by atoms with van der Waals surface area (Å²) < 4.78 is 26.6. The first kappa shape index (κ1) is 17.1. The highest BCUT2D eigenvalue weighted by Gasteiger charge is 2.26. The van der Waals surface area contributed by atoms with Crippen molar-refractivity contribution in [1.82, 2.24) is 4.31 Å². The topological polar surface area (TPSA) is 63.4 Å². The maximum absolute atomic E-state index is 12.6. The van der Waals surface area contributed by atoms with Crippen molar-refractivity contribution in [3.63, 3.8) is 0 Å². The fourth-order valence-corrected chi connectivity index (χ4v) is 3.59. The average molecular weight is 314 g/mol. The average Bonchev–Trinajstić information content (AvgIpc) is 2.37. The first-order valence-electron chi connectivity index (χ1n) is 6.54. The van der Waals surface area contributed by atoms with Gasteiger partial charge in [-0.05, 0) is 31.4 Å². The molecule has 2 N–H and O–H groups in total. The molecule has 4 nitrogen and oxygen atoms in total. The Morgan fingerprint density at radius 1 is 1.35 bits per heavy atom. The van der Waals surface area contributed by atoms with E-state index in [4.69, 9.17) is 18.0 Å². The van der Waals surface area contributed by atoms with E-state index in [9.17, 15) is 8.42 Å². The van der Waals surface area contributed by atoms with Gasteiger partial charge in [0, 0.05) is 18.7 Å². The molecule has 0 aromatic heterocycles. The van der Waals surface area contributed by atoms with Crippen molar-refractivity contribution >= 4 is 27.2 Å². The van der Waals surface area contributed by atoms with Gasteiger partial charge in [-0.1, -0.05) is 38.2 Å². The van der Waals surface area contributed by atoms with Crippen LogP contribution in [0.25, 0.3) is 0 Å². The molecule has 0 aliphatic heterocycles. The van der Waals surface area contributed by atoms with Gasteiger partial charge in [0.2, 0.25) is 10.0 Å². The van der Waals surface area contributed by atoms with E-state index >= 15 is 0 Å². The molecule has 0 radical (unpaired) electrons. The third-order valence-corrected chi connectivity index (χ3v) is 5.43. The van der Waals surface area contributed by atoms with Crippen molar-refractivity contribution < 1.29 is 8.42 Å². The third kappa shape index (κ3) is 4.01. The summed E-state index contributed by atoms with van der Waals surface area (Å²) in [5.41, 5.74) is 6.11. The van der Waals surface area contributed by atoms with E-state index < -0.39 is 10.0 Å². The SMILES string of the molecule is CC(C)CC(C)N(C)S(=O)(=O)c1cccc(C(N)=S)c1. The summed E-state index contributed by atoms with van der Waals surface area (Å²) in [7, 11) is -1.91. The van der Waals surface area contributed by atoms with Gasteiger partial charge in [-0.3, -0.25) is 0 Å². The van der Waals surface area contributed by atoms with E-state index in [-0.39, 0.29) is 15.9 Å². The molecule has 1 unspecified atom stereocenters. The molecular weight excluding hydrogens is 292 g/mol. The van der Waals surface area contributed by atoms with Gasteiger partial charge in [0.1, 0.15) is 4.99 Å². The van der Waals surface area contributed by atoms with Crippen LogP contribution in [0.5, 0.6) is 0 Å². The van der Waals surface area contributed by atoms with Gasteiger partial charge < -0.3 is 5.73 Å². The van der Waals surface area contributed by atoms with Crippen LogP contribution in [0.15, 0.2) is 29.2 Å². The lowest BCUT2D eigenvalue weighted by molar-refractivity contribution is 0.338. The molecule has 112 valence electrons. The number of nitrogens with zero attached hydrogens (tertiary/aromatic N) is 1. The molecule has 0 fully saturated rings. The Hall–Kier alpha value is -0.980. The van der Waals surface area contributed by atoms with Gasteiger partial charge in [-0.25, -0.2) is 8.42 Å². The smallest absolute Gasteiger partial charge is 0.243 e. The van der Waals surface area contributed by atoms with Crippen molar-refractivity contribution in [1.29, 1.82) is 0 Å². The van der Waals surface area contributed by atoms with E-state index in [1.165, 1.54) is 10.4 Å². The minimum atomic E-state index is -3.52. The first-order valence-corrected chi connectivity index (χ1v) is 8.39. The quantitative estimate of drug-likeness (QED) is 0.819. The monoisotopic (exact) mass is 314 g/mol. The van der Waals surface area contributed by atoms with Crippen LogP contribution < -0.4 is 5.73 Å². The molecule has 6 heteroatoms. The fourth-order valence-electron chi connectivity index (χ4n) is 2.04. The summed E-state index contributed by atoms with van der Waals surface area (Å²) >= 11 is 4.89. The molecule has 20 heavy (non-hydrogen) atoms. The Morgan fingerprint density at radius 2 is 1.95 bits per heavy atom. The van der Waals surface area contributed by atoms with Gasteiger partial charge in [0.15, 0.2) is 0 Å². The largest absolute Gasteiger partial charge is 0.389 e. The van der Waals surface area contributed by atoms with Crippen molar-refractivity contribution in [2.45, 2.75) is 38.1 Å². The second-order valence-corrected chi connectivity index (χ2v) is 7.83. The first-order chi connectivity index (χ1) is 9.16. The van der Waals surface area contributed by atoms with Crippen LogP contribution in [-0.2, 0) is 10.0 Å². The van der Waals surface area contributed by atoms with Crippen molar-refractivity contribution in [3.05, 3.63) is 29.8 Å². The number of hydrogen-bond acceptors (Lipinski definition) is 3. The molecule has 1 atom stereocenters. The molecule has 0 aliphatic carbocycles. The predicted octanol–water partition coefficient (Wildman–Crippen LogP) is 2.38. The van der Waals surface area contributed by atoms with E-state index in [1.54, 1.807) is 25.2 Å². The molecule has 1 aromatic carbocycles. The van der Waals surface area contributed by atoms with Gasteiger partial charge in [0.25, 0.3) is 0 Å². The van der Waals surface area contributed by atoms with Crippen LogP contribution in [0, 0.1) is 5.92 Å². The molecule has 0 saturated heterocycles. The Kier molecular flexibility index (Phi) is 5.68. The minimum absolute atomic E-state index is 0.0616. The molecule has 0 aliphatic rings. The van der Waals surface area contributed by atoms with Crippen LogP contribution in [-0.4, -0.2) is 30.8 Å². The zero-order valence-electron chi connectivity index (χ0n) is 12.3. The van der Waals surface area contributed by atoms with Gasteiger partial charge in [-0.2, -0.15) is 4.31 Å². The second-order valence-electron chi connectivity index (χ2n) is 5.39. The highest BCUT2D eigenvalue weighted by Crippen LogP contribution is 2.20. The zero-order valence-corrected chi connectivity index (χ0v) is 14.0. The van der Waals surface area contributed by atoms with E-state index in [1.807, 2.05) is 6.92 Å². The normalized spacial score (nSPS) is 13.7. The lowest BCUT2D eigenvalue weighted by atomic mass is 10.1. The molecule has 1 aromatic rings. The van der Waals surface area contributed by atoms with Gasteiger partial charge in [0.05, 0.1) is 4.90 Å². The molecular formula is C14H22N2O2S2. The molecule has 0 amide bonds. The highest BCUT2D eigenvalue weighted by atomic mass is 32.2. The number of benzene rings is 1. The van der Waals surface area contributed by atoms with Gasteiger partial charge >= 0.3 is 0 Å². The fraction of sp³-hybridized carbons (Fsp3) is 0.500. The van der Waals surface area contributed by atoms with Crippen molar-refractivity contribution in [2.24, 2.45) is 11.7 Å². The number of rotatable bonds is 6. The van der Waals surface area contributed by atoms with Crippen molar-refractivity contribution in [3.8, 4) is 0 Å². The summed E-state index contributed by atoms with van der Waals surface area (Å²) in [4.78, 5) is 0.417. The van der Waals surface area contributed by atoms with Crippen LogP contribution in [0.1, 0.15) is 32.8 Å². The lowest BCUT2D eigenvalue weighted by Crippen LogP contribution is -2.36. The molecule has 0 saturated carbocycles. The van der Waals surface area contributed by atoms with Gasteiger partial charge in [-0.15, -0.1) is 0 Å². The summed E-state index contributed by atoms with van der Waals surface area (Å²) in [5, 5.41) is 0. The Labute approximate surface area is 127 Å². The Morgan fingerprint density at radius 3 is 2.45 bits per heavy atom. The molecule has 0 bridgehead atoms. The summed E-state index contributed by atoms with van der Waals surface area (Å²) in [6.07, 6.45) is 0.810. The standard InChI is InChI=1S/C14H22N2O2S2/c1-10(2)8-11(3)16(4)20(17,18)13-7-5-6-12(9-13)14(15)19/h5-7,9-11H,8H2,1-4H3,(H2,15,19). The Bertz CT molecular complexity index is 583. The lowest BCUT2D eigenvalue weighted by Gasteiger charge is -2.25. The van der Waals surface area contributed by atoms with Crippen LogP contribution >= 0.6 is 12.2 Å². The maximum Gasteiger partial charge on any atom is 0.243 e. The molecule has 1 rings (SSSR count). The van der Waals surface area contributed by atoms with E-state index in [0.29, 0.717) is 11.5 Å². The number of hydrogen-bond donors (Lipinski definition) is 1. The summed E-state index contributed by atoms with van der Waals surface area (Å²) in [6, 6.07) is 6.39. The minimum Gasteiger partial charge on any atom is -0.389 e. The van der Waals surface area contributed by atoms with E-state index in [0.717, 1.165) is 6.42 Å². The third-order valence-electron chi connectivity index (χ3n) is 3.23. The number of sulfonamides is 1. The molecule has 0 spiro atoms. The Balaban J connectivity index is 3.10. The summed E-state index contributed by atoms with van der Waals surface area (Å²) in [5.74, 6) is 0.436. The van der Waals surface area contributed by atoms with E-state index in [2.05, 4.69) is 13.8 Å². The highest BCUT2D eigenvalue weighted by molar-refractivity contribution is 7.89. The number of nitrogens with two attached hydrogens (primary N) is 1.